The Morgan fingerprint density at radius 3 is 2.35 bits per heavy atom. The molecule has 2 fully saturated rings. The Kier molecular flexibility index (Phi) is 4.31. The van der Waals surface area contributed by atoms with Crippen molar-refractivity contribution >= 4 is 22.1 Å². The quantitative estimate of drug-likeness (QED) is 0.780. The van der Waals surface area contributed by atoms with Gasteiger partial charge < -0.3 is 10.0 Å². The van der Waals surface area contributed by atoms with E-state index in [1.807, 2.05) is 0 Å². The lowest BCUT2D eigenvalue weighted by Crippen LogP contribution is -2.48. The van der Waals surface area contributed by atoms with Crippen LogP contribution in [0.5, 0.6) is 0 Å². The molecule has 0 radical (unpaired) electrons. The van der Waals surface area contributed by atoms with Gasteiger partial charge in [-0.05, 0) is 18.8 Å². The number of carbonyl (C=O) groups excluding carboxylic acids is 1. The molecule has 1 heterocycles. The fourth-order valence-electron chi connectivity index (χ4n) is 3.19. The number of carboxylic acids is 1. The zero-order valence-electron chi connectivity index (χ0n) is 11.0. The lowest BCUT2D eigenvalue weighted by atomic mass is 9.83. The summed E-state index contributed by atoms with van der Waals surface area (Å²) in [7, 11) is -4.81. The second-order valence-electron chi connectivity index (χ2n) is 5.53. The summed E-state index contributed by atoms with van der Waals surface area (Å²) in [4.78, 5) is 24.3. The van der Waals surface area contributed by atoms with E-state index < -0.39 is 39.8 Å². The SMILES string of the molecule is O=C(O)[C@H](C1CCCCC1)N1CC(S(=O)(=O)F)CC1=O. The van der Waals surface area contributed by atoms with Crippen molar-refractivity contribution in [3.8, 4) is 0 Å². The summed E-state index contributed by atoms with van der Waals surface area (Å²) in [5.41, 5.74) is 0. The molecule has 1 aliphatic heterocycles. The molecule has 0 bridgehead atoms. The topological polar surface area (TPSA) is 91.8 Å². The Morgan fingerprint density at radius 1 is 1.30 bits per heavy atom. The summed E-state index contributed by atoms with van der Waals surface area (Å²) in [6.07, 6.45) is 3.79. The van der Waals surface area contributed by atoms with Crippen LogP contribution in [-0.4, -0.2) is 48.1 Å². The monoisotopic (exact) mass is 307 g/mol. The van der Waals surface area contributed by atoms with E-state index in [9.17, 15) is 27.0 Å². The molecule has 1 saturated heterocycles. The van der Waals surface area contributed by atoms with Crippen molar-refractivity contribution in [1.82, 2.24) is 4.90 Å². The summed E-state index contributed by atoms with van der Waals surface area (Å²) in [6.45, 7) is -0.356. The highest BCUT2D eigenvalue weighted by Gasteiger charge is 2.45. The predicted molar refractivity (Wildman–Crippen MR) is 68.1 cm³/mol. The predicted octanol–water partition coefficient (Wildman–Crippen LogP) is 0.920. The first-order chi connectivity index (χ1) is 9.30. The second-order valence-corrected chi connectivity index (χ2v) is 7.15. The Hall–Kier alpha value is -1.18. The Balaban J connectivity index is 2.17. The molecule has 1 unspecified atom stereocenters. The first kappa shape index (κ1) is 15.2. The normalized spacial score (nSPS) is 26.8. The molecule has 0 aromatic heterocycles. The van der Waals surface area contributed by atoms with E-state index in [1.54, 1.807) is 0 Å². The molecule has 1 amide bonds. The lowest BCUT2D eigenvalue weighted by Gasteiger charge is -2.33. The number of amides is 1. The average Bonchev–Trinajstić information content (AvgIpc) is 2.73. The van der Waals surface area contributed by atoms with Crippen LogP contribution in [0.1, 0.15) is 38.5 Å². The van der Waals surface area contributed by atoms with Crippen LogP contribution in [0, 0.1) is 5.92 Å². The minimum absolute atomic E-state index is 0.175. The Morgan fingerprint density at radius 2 is 1.90 bits per heavy atom. The van der Waals surface area contributed by atoms with E-state index in [0.29, 0.717) is 12.8 Å². The third-order valence-electron chi connectivity index (χ3n) is 4.21. The van der Waals surface area contributed by atoms with Crippen LogP contribution in [-0.2, 0) is 19.8 Å². The number of hydrogen-bond donors (Lipinski definition) is 1. The van der Waals surface area contributed by atoms with Crippen LogP contribution in [0.2, 0.25) is 0 Å². The largest absolute Gasteiger partial charge is 0.480 e. The molecule has 2 rings (SSSR count). The average molecular weight is 307 g/mol. The molecule has 1 N–H and O–H groups in total. The van der Waals surface area contributed by atoms with E-state index in [1.165, 1.54) is 0 Å². The molecular formula is C12H18FNO5S. The fraction of sp³-hybridized carbons (Fsp3) is 0.833. The molecule has 20 heavy (non-hydrogen) atoms. The van der Waals surface area contributed by atoms with Crippen molar-refractivity contribution in [2.45, 2.75) is 49.8 Å². The zero-order chi connectivity index (χ0) is 14.9. The molecule has 1 saturated carbocycles. The molecule has 0 aromatic carbocycles. The third kappa shape index (κ3) is 3.11. The molecule has 8 heteroatoms. The second kappa shape index (κ2) is 5.67. The van der Waals surface area contributed by atoms with Gasteiger partial charge in [0, 0.05) is 13.0 Å². The van der Waals surface area contributed by atoms with E-state index >= 15 is 0 Å². The van der Waals surface area contributed by atoms with Gasteiger partial charge in [-0.2, -0.15) is 8.42 Å². The van der Waals surface area contributed by atoms with E-state index in [0.717, 1.165) is 24.2 Å². The molecule has 0 spiro atoms. The highest BCUT2D eigenvalue weighted by molar-refractivity contribution is 7.87. The molecule has 114 valence electrons. The van der Waals surface area contributed by atoms with Gasteiger partial charge in [0.1, 0.15) is 11.3 Å². The van der Waals surface area contributed by atoms with Gasteiger partial charge in [0.05, 0.1) is 0 Å². The molecule has 2 atom stereocenters. The summed E-state index contributed by atoms with van der Waals surface area (Å²) in [5, 5.41) is 7.93. The van der Waals surface area contributed by atoms with Crippen molar-refractivity contribution in [2.75, 3.05) is 6.54 Å². The van der Waals surface area contributed by atoms with Gasteiger partial charge in [0.15, 0.2) is 0 Å². The van der Waals surface area contributed by atoms with Gasteiger partial charge in [-0.1, -0.05) is 19.3 Å². The minimum atomic E-state index is -4.81. The van der Waals surface area contributed by atoms with Crippen molar-refractivity contribution < 1.29 is 27.0 Å². The highest BCUT2D eigenvalue weighted by Crippen LogP contribution is 2.32. The number of carboxylic acid groups (broad SMARTS) is 1. The summed E-state index contributed by atoms with van der Waals surface area (Å²) in [5.74, 6) is -1.90. The fourth-order valence-corrected chi connectivity index (χ4v) is 3.87. The zero-order valence-corrected chi connectivity index (χ0v) is 11.8. The van der Waals surface area contributed by atoms with Crippen LogP contribution in [0.15, 0.2) is 0 Å². The summed E-state index contributed by atoms with van der Waals surface area (Å²) >= 11 is 0. The maximum absolute atomic E-state index is 13.0. The molecular weight excluding hydrogens is 289 g/mol. The van der Waals surface area contributed by atoms with E-state index in [-0.39, 0.29) is 12.5 Å². The maximum Gasteiger partial charge on any atom is 0.326 e. The number of rotatable bonds is 4. The van der Waals surface area contributed by atoms with Gasteiger partial charge in [-0.3, -0.25) is 4.79 Å². The number of aliphatic carboxylic acids is 1. The van der Waals surface area contributed by atoms with Crippen LogP contribution >= 0.6 is 0 Å². The van der Waals surface area contributed by atoms with Gasteiger partial charge in [0.2, 0.25) is 5.91 Å². The molecule has 1 aliphatic carbocycles. The number of hydrogen-bond acceptors (Lipinski definition) is 4. The highest BCUT2D eigenvalue weighted by atomic mass is 32.3. The Bertz CT molecular complexity index is 500. The van der Waals surface area contributed by atoms with Gasteiger partial charge in [0.25, 0.3) is 0 Å². The van der Waals surface area contributed by atoms with Crippen LogP contribution in [0.25, 0.3) is 0 Å². The summed E-state index contributed by atoms with van der Waals surface area (Å²) < 4.78 is 34.8. The van der Waals surface area contributed by atoms with Crippen LogP contribution in [0.4, 0.5) is 3.89 Å². The summed E-state index contributed by atoms with van der Waals surface area (Å²) in [6, 6.07) is -1.03. The van der Waals surface area contributed by atoms with E-state index in [2.05, 4.69) is 0 Å². The molecule has 0 aromatic rings. The first-order valence-corrected chi connectivity index (χ1v) is 8.21. The number of carbonyl (C=O) groups is 2. The third-order valence-corrected chi connectivity index (χ3v) is 5.32. The van der Waals surface area contributed by atoms with Crippen LogP contribution in [0.3, 0.4) is 0 Å². The number of likely N-dealkylation sites (tertiary alicyclic amines) is 1. The van der Waals surface area contributed by atoms with Crippen molar-refractivity contribution in [2.24, 2.45) is 5.92 Å². The van der Waals surface area contributed by atoms with Crippen molar-refractivity contribution in [3.05, 3.63) is 0 Å². The van der Waals surface area contributed by atoms with Gasteiger partial charge >= 0.3 is 16.2 Å². The standard InChI is InChI=1S/C12H18FNO5S/c13-20(18,19)9-6-10(15)14(7-9)11(12(16)17)8-4-2-1-3-5-8/h8-9,11H,1-7H2,(H,16,17)/t9?,11-/m0/s1. The van der Waals surface area contributed by atoms with Gasteiger partial charge in [-0.15, -0.1) is 3.89 Å². The number of halogens is 1. The van der Waals surface area contributed by atoms with Crippen LogP contribution < -0.4 is 0 Å². The maximum atomic E-state index is 13.0. The first-order valence-electron chi connectivity index (χ1n) is 6.76. The lowest BCUT2D eigenvalue weighted by molar-refractivity contribution is -0.151. The van der Waals surface area contributed by atoms with E-state index in [4.69, 9.17) is 0 Å². The minimum Gasteiger partial charge on any atom is -0.480 e. The van der Waals surface area contributed by atoms with Crippen molar-refractivity contribution in [1.29, 1.82) is 0 Å². The Labute approximate surface area is 117 Å². The molecule has 2 aliphatic rings. The smallest absolute Gasteiger partial charge is 0.326 e. The van der Waals surface area contributed by atoms with Crippen molar-refractivity contribution in [3.63, 3.8) is 0 Å². The molecule has 6 nitrogen and oxygen atoms in total. The number of nitrogens with zero attached hydrogens (tertiary/aromatic N) is 1. The van der Waals surface area contributed by atoms with Gasteiger partial charge in [-0.25, -0.2) is 4.79 Å².